The molecule has 1 saturated carbocycles. The van der Waals surface area contributed by atoms with E-state index in [0.29, 0.717) is 16.7 Å². The van der Waals surface area contributed by atoms with Crippen molar-refractivity contribution in [1.82, 2.24) is 10.2 Å². The van der Waals surface area contributed by atoms with E-state index < -0.39 is 0 Å². The molecule has 5 heteroatoms. The lowest BCUT2D eigenvalue weighted by Crippen LogP contribution is -2.46. The first-order chi connectivity index (χ1) is 9.58. The van der Waals surface area contributed by atoms with Crippen molar-refractivity contribution in [3.8, 4) is 0 Å². The first-order valence-corrected chi connectivity index (χ1v) is 8.12. The van der Waals surface area contributed by atoms with Gasteiger partial charge in [0.1, 0.15) is 0 Å². The van der Waals surface area contributed by atoms with E-state index in [1.807, 2.05) is 24.1 Å². The van der Waals surface area contributed by atoms with Gasteiger partial charge in [0.15, 0.2) is 5.11 Å². The van der Waals surface area contributed by atoms with Crippen LogP contribution in [0.1, 0.15) is 42.5 Å². The SMILES string of the molecule is CN(C(=S)NC(=O)c1ccc(Br)cc1)C1CCCCC1. The molecule has 1 N–H and O–H groups in total. The number of carbonyl (C=O) groups excluding carboxylic acids is 1. The summed E-state index contributed by atoms with van der Waals surface area (Å²) in [6.45, 7) is 0. The van der Waals surface area contributed by atoms with E-state index in [9.17, 15) is 4.79 Å². The molecule has 0 radical (unpaired) electrons. The van der Waals surface area contributed by atoms with Gasteiger partial charge in [-0.3, -0.25) is 10.1 Å². The molecule has 0 spiro atoms. The summed E-state index contributed by atoms with van der Waals surface area (Å²) < 4.78 is 0.955. The lowest BCUT2D eigenvalue weighted by Gasteiger charge is -2.32. The van der Waals surface area contributed by atoms with Crippen molar-refractivity contribution in [3.63, 3.8) is 0 Å². The van der Waals surface area contributed by atoms with Crippen LogP contribution in [0, 0.1) is 0 Å². The van der Waals surface area contributed by atoms with Gasteiger partial charge in [0.05, 0.1) is 0 Å². The molecule has 2 rings (SSSR count). The average Bonchev–Trinajstić information content (AvgIpc) is 2.48. The summed E-state index contributed by atoms with van der Waals surface area (Å²) in [4.78, 5) is 14.1. The predicted octanol–water partition coefficient (Wildman–Crippen LogP) is 3.73. The molecule has 1 aromatic rings. The van der Waals surface area contributed by atoms with Crippen LogP contribution in [-0.4, -0.2) is 29.0 Å². The monoisotopic (exact) mass is 354 g/mol. The Bertz CT molecular complexity index is 483. The van der Waals surface area contributed by atoms with Gasteiger partial charge in [-0.2, -0.15) is 0 Å². The highest BCUT2D eigenvalue weighted by Gasteiger charge is 2.21. The third-order valence-corrected chi connectivity index (χ3v) is 4.69. The number of hydrogen-bond acceptors (Lipinski definition) is 2. The fourth-order valence-electron chi connectivity index (χ4n) is 2.49. The van der Waals surface area contributed by atoms with E-state index in [-0.39, 0.29) is 5.91 Å². The molecule has 0 unspecified atom stereocenters. The molecular formula is C15H19BrN2OS. The van der Waals surface area contributed by atoms with Crippen LogP contribution in [-0.2, 0) is 0 Å². The molecule has 20 heavy (non-hydrogen) atoms. The Kier molecular flexibility index (Phi) is 5.54. The average molecular weight is 355 g/mol. The maximum absolute atomic E-state index is 12.1. The van der Waals surface area contributed by atoms with Crippen molar-refractivity contribution in [2.75, 3.05) is 7.05 Å². The van der Waals surface area contributed by atoms with E-state index in [0.717, 1.165) is 17.3 Å². The Labute approximate surface area is 133 Å². The van der Waals surface area contributed by atoms with E-state index in [4.69, 9.17) is 12.2 Å². The van der Waals surface area contributed by atoms with Crippen molar-refractivity contribution in [3.05, 3.63) is 34.3 Å². The number of amides is 1. The van der Waals surface area contributed by atoms with E-state index in [1.165, 1.54) is 19.3 Å². The fraction of sp³-hybridized carbons (Fsp3) is 0.467. The molecule has 1 aliphatic carbocycles. The molecule has 1 aromatic carbocycles. The van der Waals surface area contributed by atoms with Crippen LogP contribution in [0.3, 0.4) is 0 Å². The summed E-state index contributed by atoms with van der Waals surface area (Å²) in [6, 6.07) is 7.72. The minimum Gasteiger partial charge on any atom is -0.349 e. The van der Waals surface area contributed by atoms with E-state index >= 15 is 0 Å². The second-order valence-corrected chi connectivity index (χ2v) is 6.47. The van der Waals surface area contributed by atoms with Gasteiger partial charge in [-0.25, -0.2) is 0 Å². The number of hydrogen-bond donors (Lipinski definition) is 1. The highest BCUT2D eigenvalue weighted by molar-refractivity contribution is 9.10. The summed E-state index contributed by atoms with van der Waals surface area (Å²) in [6.07, 6.45) is 6.12. The molecule has 0 saturated heterocycles. The Balaban J connectivity index is 1.93. The summed E-state index contributed by atoms with van der Waals surface area (Å²) in [7, 11) is 1.97. The van der Waals surface area contributed by atoms with Gasteiger partial charge in [-0.15, -0.1) is 0 Å². The highest BCUT2D eigenvalue weighted by atomic mass is 79.9. The minimum absolute atomic E-state index is 0.148. The van der Waals surface area contributed by atoms with Gasteiger partial charge in [0.2, 0.25) is 0 Å². The number of halogens is 1. The number of benzene rings is 1. The van der Waals surface area contributed by atoms with Crippen LogP contribution in [0.2, 0.25) is 0 Å². The second-order valence-electron chi connectivity index (χ2n) is 5.17. The molecule has 0 heterocycles. The van der Waals surface area contributed by atoms with Crippen molar-refractivity contribution in [2.24, 2.45) is 0 Å². The van der Waals surface area contributed by atoms with E-state index in [2.05, 4.69) is 21.2 Å². The maximum Gasteiger partial charge on any atom is 0.257 e. The van der Waals surface area contributed by atoms with E-state index in [1.54, 1.807) is 12.1 Å². The molecule has 1 fully saturated rings. The third kappa shape index (κ3) is 4.03. The Hall–Kier alpha value is -0.940. The van der Waals surface area contributed by atoms with Gasteiger partial charge in [-0.05, 0) is 49.3 Å². The predicted molar refractivity (Wildman–Crippen MR) is 88.8 cm³/mol. The molecule has 0 aliphatic heterocycles. The molecule has 0 bridgehead atoms. The van der Waals surface area contributed by atoms with Gasteiger partial charge in [-0.1, -0.05) is 35.2 Å². The largest absolute Gasteiger partial charge is 0.349 e. The van der Waals surface area contributed by atoms with Crippen LogP contribution < -0.4 is 5.32 Å². The minimum atomic E-state index is -0.148. The lowest BCUT2D eigenvalue weighted by molar-refractivity contribution is 0.0972. The zero-order valence-corrected chi connectivity index (χ0v) is 14.0. The lowest BCUT2D eigenvalue weighted by atomic mass is 9.95. The highest BCUT2D eigenvalue weighted by Crippen LogP contribution is 2.21. The molecule has 1 amide bonds. The Morgan fingerprint density at radius 2 is 1.85 bits per heavy atom. The summed E-state index contributed by atoms with van der Waals surface area (Å²) >= 11 is 8.70. The Morgan fingerprint density at radius 3 is 2.45 bits per heavy atom. The zero-order valence-electron chi connectivity index (χ0n) is 11.6. The third-order valence-electron chi connectivity index (χ3n) is 3.77. The van der Waals surface area contributed by atoms with Crippen molar-refractivity contribution in [2.45, 2.75) is 38.1 Å². The molecular weight excluding hydrogens is 336 g/mol. The van der Waals surface area contributed by atoms with Crippen LogP contribution in [0.5, 0.6) is 0 Å². The standard InChI is InChI=1S/C15H19BrN2OS/c1-18(13-5-3-2-4-6-13)15(20)17-14(19)11-7-9-12(16)10-8-11/h7-10,13H,2-6H2,1H3,(H,17,19,20). The van der Waals surface area contributed by atoms with Gasteiger partial charge >= 0.3 is 0 Å². The van der Waals surface area contributed by atoms with Crippen molar-refractivity contribution >= 4 is 39.2 Å². The van der Waals surface area contributed by atoms with Crippen LogP contribution in [0.25, 0.3) is 0 Å². The van der Waals surface area contributed by atoms with Crippen LogP contribution in [0.4, 0.5) is 0 Å². The van der Waals surface area contributed by atoms with Crippen LogP contribution in [0.15, 0.2) is 28.7 Å². The molecule has 1 aliphatic rings. The number of carbonyl (C=O) groups is 1. The Morgan fingerprint density at radius 1 is 1.25 bits per heavy atom. The maximum atomic E-state index is 12.1. The van der Waals surface area contributed by atoms with Gasteiger partial charge < -0.3 is 4.90 Å². The summed E-state index contributed by atoms with van der Waals surface area (Å²) in [5.41, 5.74) is 0.618. The number of nitrogens with one attached hydrogen (secondary N) is 1. The molecule has 0 atom stereocenters. The normalized spacial score (nSPS) is 15.7. The molecule has 3 nitrogen and oxygen atoms in total. The number of thiocarbonyl (C=S) groups is 1. The quantitative estimate of drug-likeness (QED) is 0.821. The fourth-order valence-corrected chi connectivity index (χ4v) is 3.00. The molecule has 108 valence electrons. The summed E-state index contributed by atoms with van der Waals surface area (Å²) in [5.74, 6) is -0.148. The smallest absolute Gasteiger partial charge is 0.257 e. The topological polar surface area (TPSA) is 32.3 Å². The van der Waals surface area contributed by atoms with Crippen molar-refractivity contribution < 1.29 is 4.79 Å². The number of nitrogens with zero attached hydrogens (tertiary/aromatic N) is 1. The second kappa shape index (κ2) is 7.18. The van der Waals surface area contributed by atoms with Crippen molar-refractivity contribution in [1.29, 1.82) is 0 Å². The van der Waals surface area contributed by atoms with Gasteiger partial charge in [0, 0.05) is 23.1 Å². The van der Waals surface area contributed by atoms with Crippen LogP contribution >= 0.6 is 28.1 Å². The summed E-state index contributed by atoms with van der Waals surface area (Å²) in [5, 5.41) is 3.33. The zero-order chi connectivity index (χ0) is 14.5. The number of rotatable bonds is 2. The first kappa shape index (κ1) is 15.4. The van der Waals surface area contributed by atoms with Gasteiger partial charge in [0.25, 0.3) is 5.91 Å². The molecule has 0 aromatic heterocycles. The first-order valence-electron chi connectivity index (χ1n) is 6.91.